The quantitative estimate of drug-likeness (QED) is 0.908. The maximum absolute atomic E-state index is 13.0. The molecule has 1 atom stereocenters. The van der Waals surface area contributed by atoms with E-state index < -0.39 is 0 Å². The molecule has 0 aliphatic heterocycles. The van der Waals surface area contributed by atoms with Crippen molar-refractivity contribution in [3.8, 4) is 0 Å². The third-order valence-electron chi connectivity index (χ3n) is 3.07. The molecule has 0 saturated carbocycles. The number of halogens is 2. The summed E-state index contributed by atoms with van der Waals surface area (Å²) in [6.45, 7) is 0. The van der Waals surface area contributed by atoms with E-state index >= 15 is 0 Å². The summed E-state index contributed by atoms with van der Waals surface area (Å²) < 4.78 is 13.0. The zero-order valence-corrected chi connectivity index (χ0v) is 11.5. The Morgan fingerprint density at radius 3 is 2.74 bits per heavy atom. The maximum atomic E-state index is 13.0. The Morgan fingerprint density at radius 1 is 1.26 bits per heavy atom. The van der Waals surface area contributed by atoms with Crippen LogP contribution in [0.4, 0.5) is 4.39 Å². The molecular formula is C15H16ClFN2. The van der Waals surface area contributed by atoms with Gasteiger partial charge < -0.3 is 5.32 Å². The summed E-state index contributed by atoms with van der Waals surface area (Å²) in [5.74, 6) is -0.306. The van der Waals surface area contributed by atoms with Crippen molar-refractivity contribution in [3.63, 3.8) is 0 Å². The zero-order chi connectivity index (χ0) is 13.7. The third kappa shape index (κ3) is 4.01. The summed E-state index contributed by atoms with van der Waals surface area (Å²) in [7, 11) is 1.91. The number of nitrogens with zero attached hydrogens (tertiary/aromatic N) is 1. The second-order valence-corrected chi connectivity index (χ2v) is 4.86. The topological polar surface area (TPSA) is 24.9 Å². The standard InChI is InChI=1S/C15H16ClFN2/c1-18-14(10-13-4-2-3-7-19-13)8-11-5-6-12(17)9-15(11)16/h2-7,9,14,18H,8,10H2,1H3. The summed E-state index contributed by atoms with van der Waals surface area (Å²) >= 11 is 6.05. The number of likely N-dealkylation sites (N-methyl/N-ethyl adjacent to an activating group) is 1. The van der Waals surface area contributed by atoms with Crippen LogP contribution in [-0.2, 0) is 12.8 Å². The minimum Gasteiger partial charge on any atom is -0.316 e. The molecule has 2 aromatic rings. The van der Waals surface area contributed by atoms with E-state index in [1.165, 1.54) is 12.1 Å². The number of hydrogen-bond donors (Lipinski definition) is 1. The van der Waals surface area contributed by atoms with E-state index in [4.69, 9.17) is 11.6 Å². The maximum Gasteiger partial charge on any atom is 0.124 e. The number of rotatable bonds is 5. The molecule has 2 nitrogen and oxygen atoms in total. The van der Waals surface area contributed by atoms with E-state index in [9.17, 15) is 4.39 Å². The predicted molar refractivity (Wildman–Crippen MR) is 75.9 cm³/mol. The first-order valence-corrected chi connectivity index (χ1v) is 6.58. The van der Waals surface area contributed by atoms with Crippen molar-refractivity contribution in [3.05, 3.63) is 64.7 Å². The molecule has 4 heteroatoms. The van der Waals surface area contributed by atoms with Crippen molar-refractivity contribution in [2.24, 2.45) is 0 Å². The molecule has 0 saturated heterocycles. The number of hydrogen-bond acceptors (Lipinski definition) is 2. The molecule has 0 bridgehead atoms. The van der Waals surface area contributed by atoms with Crippen LogP contribution in [-0.4, -0.2) is 18.1 Å². The minimum absolute atomic E-state index is 0.220. The number of aromatic nitrogens is 1. The Kier molecular flexibility index (Phi) is 4.88. The van der Waals surface area contributed by atoms with E-state index in [1.807, 2.05) is 25.2 Å². The van der Waals surface area contributed by atoms with Gasteiger partial charge in [0.05, 0.1) is 0 Å². The molecule has 2 rings (SSSR count). The van der Waals surface area contributed by atoms with E-state index in [1.54, 1.807) is 12.3 Å². The van der Waals surface area contributed by atoms with Gasteiger partial charge in [0.15, 0.2) is 0 Å². The summed E-state index contributed by atoms with van der Waals surface area (Å²) in [5.41, 5.74) is 1.97. The molecule has 1 aromatic carbocycles. The SMILES string of the molecule is CNC(Cc1ccccn1)Cc1ccc(F)cc1Cl. The molecule has 100 valence electrons. The van der Waals surface area contributed by atoms with Crippen LogP contribution in [0.3, 0.4) is 0 Å². The summed E-state index contributed by atoms with van der Waals surface area (Å²) in [6.07, 6.45) is 3.34. The van der Waals surface area contributed by atoms with Crippen LogP contribution >= 0.6 is 11.6 Å². The lowest BCUT2D eigenvalue weighted by atomic mass is 10.0. The van der Waals surface area contributed by atoms with Crippen LogP contribution in [0.25, 0.3) is 0 Å². The van der Waals surface area contributed by atoms with Crippen LogP contribution in [0.1, 0.15) is 11.3 Å². The van der Waals surface area contributed by atoms with Gasteiger partial charge >= 0.3 is 0 Å². The van der Waals surface area contributed by atoms with Crippen LogP contribution < -0.4 is 5.32 Å². The fourth-order valence-electron chi connectivity index (χ4n) is 2.00. The fourth-order valence-corrected chi connectivity index (χ4v) is 2.24. The summed E-state index contributed by atoms with van der Waals surface area (Å²) in [4.78, 5) is 4.31. The van der Waals surface area contributed by atoms with Crippen LogP contribution in [0.2, 0.25) is 5.02 Å². The molecule has 0 fully saturated rings. The second kappa shape index (κ2) is 6.64. The highest BCUT2D eigenvalue weighted by Gasteiger charge is 2.11. The van der Waals surface area contributed by atoms with Crippen molar-refractivity contribution < 1.29 is 4.39 Å². The Hall–Kier alpha value is -1.45. The summed E-state index contributed by atoms with van der Waals surface area (Å²) in [6, 6.07) is 10.6. The summed E-state index contributed by atoms with van der Waals surface area (Å²) in [5, 5.41) is 3.72. The van der Waals surface area contributed by atoms with E-state index in [0.29, 0.717) is 5.02 Å². The molecule has 0 aliphatic rings. The van der Waals surface area contributed by atoms with Gasteiger partial charge in [-0.3, -0.25) is 4.98 Å². The molecule has 0 aliphatic carbocycles. The molecule has 0 amide bonds. The van der Waals surface area contributed by atoms with E-state index in [-0.39, 0.29) is 11.9 Å². The lowest BCUT2D eigenvalue weighted by Crippen LogP contribution is -2.30. The van der Waals surface area contributed by atoms with Crippen molar-refractivity contribution in [2.45, 2.75) is 18.9 Å². The molecular weight excluding hydrogens is 263 g/mol. The first-order valence-electron chi connectivity index (χ1n) is 6.20. The first kappa shape index (κ1) is 14.0. The monoisotopic (exact) mass is 278 g/mol. The Balaban J connectivity index is 2.06. The van der Waals surface area contributed by atoms with Crippen LogP contribution in [0.15, 0.2) is 42.6 Å². The van der Waals surface area contributed by atoms with Crippen molar-refractivity contribution in [2.75, 3.05) is 7.05 Å². The Labute approximate surface area is 117 Å². The van der Waals surface area contributed by atoms with Gasteiger partial charge in [0.1, 0.15) is 5.82 Å². The highest BCUT2D eigenvalue weighted by molar-refractivity contribution is 6.31. The fraction of sp³-hybridized carbons (Fsp3) is 0.267. The normalized spacial score (nSPS) is 12.4. The zero-order valence-electron chi connectivity index (χ0n) is 10.7. The molecule has 1 N–H and O–H groups in total. The molecule has 1 aromatic heterocycles. The third-order valence-corrected chi connectivity index (χ3v) is 3.42. The molecule has 1 heterocycles. The smallest absolute Gasteiger partial charge is 0.124 e. The first-order chi connectivity index (χ1) is 9.19. The largest absolute Gasteiger partial charge is 0.316 e. The average Bonchev–Trinajstić information content (AvgIpc) is 2.42. The second-order valence-electron chi connectivity index (χ2n) is 4.45. The predicted octanol–water partition coefficient (Wildman–Crippen LogP) is 3.25. The Morgan fingerprint density at radius 2 is 2.11 bits per heavy atom. The molecule has 19 heavy (non-hydrogen) atoms. The van der Waals surface area contributed by atoms with Gasteiger partial charge in [-0.15, -0.1) is 0 Å². The van der Waals surface area contributed by atoms with Gasteiger partial charge in [-0.1, -0.05) is 23.7 Å². The van der Waals surface area contributed by atoms with Gasteiger partial charge in [0.2, 0.25) is 0 Å². The van der Waals surface area contributed by atoms with Gasteiger partial charge in [-0.05, 0) is 43.3 Å². The molecule has 1 unspecified atom stereocenters. The molecule has 0 spiro atoms. The van der Waals surface area contributed by atoms with Crippen molar-refractivity contribution >= 4 is 11.6 Å². The van der Waals surface area contributed by atoms with Crippen molar-refractivity contribution in [1.82, 2.24) is 10.3 Å². The number of nitrogens with one attached hydrogen (secondary N) is 1. The Bertz CT molecular complexity index is 531. The van der Waals surface area contributed by atoms with Crippen molar-refractivity contribution in [1.29, 1.82) is 0 Å². The van der Waals surface area contributed by atoms with E-state index in [2.05, 4.69) is 10.3 Å². The number of benzene rings is 1. The van der Waals surface area contributed by atoms with E-state index in [0.717, 1.165) is 24.1 Å². The lowest BCUT2D eigenvalue weighted by Gasteiger charge is -2.16. The van der Waals surface area contributed by atoms with Gasteiger partial charge in [0, 0.05) is 29.4 Å². The highest BCUT2D eigenvalue weighted by Crippen LogP contribution is 2.19. The lowest BCUT2D eigenvalue weighted by molar-refractivity contribution is 0.549. The van der Waals surface area contributed by atoms with Crippen LogP contribution in [0, 0.1) is 5.82 Å². The highest BCUT2D eigenvalue weighted by atomic mass is 35.5. The minimum atomic E-state index is -0.306. The number of pyridine rings is 1. The van der Waals surface area contributed by atoms with Gasteiger partial charge in [-0.25, -0.2) is 4.39 Å². The molecule has 0 radical (unpaired) electrons. The average molecular weight is 279 g/mol. The van der Waals surface area contributed by atoms with Crippen LogP contribution in [0.5, 0.6) is 0 Å². The van der Waals surface area contributed by atoms with Gasteiger partial charge in [-0.2, -0.15) is 0 Å². The van der Waals surface area contributed by atoms with Gasteiger partial charge in [0.25, 0.3) is 0 Å².